The molecule has 3 N–H and O–H groups in total. The van der Waals surface area contributed by atoms with Gasteiger partial charge in [-0.15, -0.1) is 0 Å². The summed E-state index contributed by atoms with van der Waals surface area (Å²) in [4.78, 5) is 10.9. The molecule has 110 valence electrons. The van der Waals surface area contributed by atoms with Crippen LogP contribution in [0.1, 0.15) is 11.1 Å². The average molecular weight is 349 g/mol. The SMILES string of the molecule is COc1ccc(Br)c(CNc2ccc(CC(N)=O)cc2)c1. The van der Waals surface area contributed by atoms with Crippen LogP contribution in [0, 0.1) is 0 Å². The number of ether oxygens (including phenoxy) is 1. The van der Waals surface area contributed by atoms with E-state index in [1.54, 1.807) is 7.11 Å². The number of nitrogens with two attached hydrogens (primary N) is 1. The summed E-state index contributed by atoms with van der Waals surface area (Å²) in [6.45, 7) is 0.674. The van der Waals surface area contributed by atoms with Gasteiger partial charge < -0.3 is 15.8 Å². The fraction of sp³-hybridized carbons (Fsp3) is 0.188. The van der Waals surface area contributed by atoms with Crippen LogP contribution < -0.4 is 15.8 Å². The third kappa shape index (κ3) is 4.49. The second-order valence-electron chi connectivity index (χ2n) is 4.65. The molecular formula is C16H17BrN2O2. The van der Waals surface area contributed by atoms with Crippen LogP contribution in [0.15, 0.2) is 46.9 Å². The Morgan fingerprint density at radius 1 is 1.24 bits per heavy atom. The fourth-order valence-electron chi connectivity index (χ4n) is 1.95. The number of hydrogen-bond donors (Lipinski definition) is 2. The molecule has 0 spiro atoms. The van der Waals surface area contributed by atoms with Gasteiger partial charge in [0, 0.05) is 16.7 Å². The second-order valence-corrected chi connectivity index (χ2v) is 5.51. The number of amides is 1. The summed E-state index contributed by atoms with van der Waals surface area (Å²) < 4.78 is 6.25. The first-order chi connectivity index (χ1) is 10.1. The van der Waals surface area contributed by atoms with Gasteiger partial charge in [0.1, 0.15) is 5.75 Å². The van der Waals surface area contributed by atoms with Crippen LogP contribution in [0.3, 0.4) is 0 Å². The van der Waals surface area contributed by atoms with E-state index in [4.69, 9.17) is 10.5 Å². The fourth-order valence-corrected chi connectivity index (χ4v) is 2.34. The zero-order valence-electron chi connectivity index (χ0n) is 11.7. The molecule has 0 unspecified atom stereocenters. The van der Waals surface area contributed by atoms with Gasteiger partial charge >= 0.3 is 0 Å². The molecule has 0 bridgehead atoms. The van der Waals surface area contributed by atoms with Crippen LogP contribution in [0.25, 0.3) is 0 Å². The molecule has 21 heavy (non-hydrogen) atoms. The molecule has 0 aliphatic rings. The number of hydrogen-bond acceptors (Lipinski definition) is 3. The average Bonchev–Trinajstić information content (AvgIpc) is 2.47. The molecule has 4 nitrogen and oxygen atoms in total. The molecule has 0 atom stereocenters. The molecule has 0 saturated heterocycles. The Morgan fingerprint density at radius 2 is 1.95 bits per heavy atom. The van der Waals surface area contributed by atoms with E-state index < -0.39 is 0 Å². The third-order valence-electron chi connectivity index (χ3n) is 3.07. The van der Waals surface area contributed by atoms with Gasteiger partial charge in [-0.3, -0.25) is 4.79 Å². The van der Waals surface area contributed by atoms with Crippen molar-refractivity contribution in [2.24, 2.45) is 5.73 Å². The predicted molar refractivity (Wildman–Crippen MR) is 87.4 cm³/mol. The molecule has 1 amide bonds. The van der Waals surface area contributed by atoms with Crippen LogP contribution in [0.4, 0.5) is 5.69 Å². The van der Waals surface area contributed by atoms with E-state index in [2.05, 4.69) is 21.2 Å². The van der Waals surface area contributed by atoms with Gasteiger partial charge in [-0.1, -0.05) is 28.1 Å². The summed E-state index contributed by atoms with van der Waals surface area (Å²) in [7, 11) is 1.65. The van der Waals surface area contributed by atoms with Gasteiger partial charge in [0.15, 0.2) is 0 Å². The standard InChI is InChI=1S/C16H17BrN2O2/c1-21-14-6-7-15(17)12(9-14)10-19-13-4-2-11(3-5-13)8-16(18)20/h2-7,9,19H,8,10H2,1H3,(H2,18,20). The van der Waals surface area contributed by atoms with Gasteiger partial charge in [-0.05, 0) is 41.5 Å². The van der Waals surface area contributed by atoms with E-state index in [9.17, 15) is 4.79 Å². The Morgan fingerprint density at radius 3 is 2.57 bits per heavy atom. The molecule has 2 aromatic rings. The highest BCUT2D eigenvalue weighted by molar-refractivity contribution is 9.10. The second kappa shape index (κ2) is 7.13. The number of halogens is 1. The smallest absolute Gasteiger partial charge is 0.221 e. The molecule has 0 aliphatic heterocycles. The lowest BCUT2D eigenvalue weighted by molar-refractivity contribution is -0.117. The van der Waals surface area contributed by atoms with Crippen molar-refractivity contribution in [2.75, 3.05) is 12.4 Å². The van der Waals surface area contributed by atoms with Gasteiger partial charge in [0.2, 0.25) is 5.91 Å². The zero-order valence-corrected chi connectivity index (χ0v) is 13.3. The number of primary amides is 1. The lowest BCUT2D eigenvalue weighted by atomic mass is 10.1. The van der Waals surface area contributed by atoms with Crippen molar-refractivity contribution in [3.05, 3.63) is 58.1 Å². The van der Waals surface area contributed by atoms with E-state index in [1.807, 2.05) is 42.5 Å². The molecule has 2 aromatic carbocycles. The molecular weight excluding hydrogens is 332 g/mol. The zero-order chi connectivity index (χ0) is 15.2. The van der Waals surface area contributed by atoms with E-state index in [-0.39, 0.29) is 12.3 Å². The number of anilines is 1. The quantitative estimate of drug-likeness (QED) is 0.842. The monoisotopic (exact) mass is 348 g/mol. The van der Waals surface area contributed by atoms with Crippen LogP contribution in [-0.4, -0.2) is 13.0 Å². The summed E-state index contributed by atoms with van der Waals surface area (Å²) in [5.74, 6) is 0.503. The minimum absolute atomic E-state index is 0.266. The highest BCUT2D eigenvalue weighted by Crippen LogP contribution is 2.23. The van der Waals surface area contributed by atoms with Crippen molar-refractivity contribution in [3.8, 4) is 5.75 Å². The molecule has 2 rings (SSSR count). The molecule has 0 heterocycles. The van der Waals surface area contributed by atoms with Gasteiger partial charge in [-0.25, -0.2) is 0 Å². The number of nitrogens with one attached hydrogen (secondary N) is 1. The maximum atomic E-state index is 10.9. The van der Waals surface area contributed by atoms with Crippen molar-refractivity contribution in [2.45, 2.75) is 13.0 Å². The molecule has 0 radical (unpaired) electrons. The van der Waals surface area contributed by atoms with Crippen molar-refractivity contribution in [1.82, 2.24) is 0 Å². The molecule has 0 saturated carbocycles. The minimum atomic E-state index is -0.323. The number of carbonyl (C=O) groups is 1. The molecule has 0 fully saturated rings. The summed E-state index contributed by atoms with van der Waals surface area (Å²) in [5.41, 5.74) is 8.17. The maximum Gasteiger partial charge on any atom is 0.221 e. The number of rotatable bonds is 6. The van der Waals surface area contributed by atoms with E-state index in [0.717, 1.165) is 27.0 Å². The molecule has 0 aromatic heterocycles. The van der Waals surface area contributed by atoms with Crippen molar-refractivity contribution < 1.29 is 9.53 Å². The van der Waals surface area contributed by atoms with E-state index >= 15 is 0 Å². The number of benzene rings is 2. The van der Waals surface area contributed by atoms with Crippen molar-refractivity contribution in [1.29, 1.82) is 0 Å². The summed E-state index contributed by atoms with van der Waals surface area (Å²) in [5, 5.41) is 3.33. The summed E-state index contributed by atoms with van der Waals surface area (Å²) in [6.07, 6.45) is 0.266. The third-order valence-corrected chi connectivity index (χ3v) is 3.84. The minimum Gasteiger partial charge on any atom is -0.497 e. The maximum absolute atomic E-state index is 10.9. The summed E-state index contributed by atoms with van der Waals surface area (Å²) in [6, 6.07) is 13.5. The van der Waals surface area contributed by atoms with E-state index in [1.165, 1.54) is 0 Å². The first kappa shape index (κ1) is 15.4. The van der Waals surface area contributed by atoms with Gasteiger partial charge in [0.25, 0.3) is 0 Å². The Labute approximate surface area is 132 Å². The highest BCUT2D eigenvalue weighted by atomic mass is 79.9. The molecule has 5 heteroatoms. The Bertz CT molecular complexity index is 627. The Kier molecular flexibility index (Phi) is 5.22. The van der Waals surface area contributed by atoms with Crippen LogP contribution in [0.2, 0.25) is 0 Å². The van der Waals surface area contributed by atoms with Crippen molar-refractivity contribution >= 4 is 27.5 Å². The van der Waals surface area contributed by atoms with Gasteiger partial charge in [0.05, 0.1) is 13.5 Å². The first-order valence-electron chi connectivity index (χ1n) is 6.52. The lowest BCUT2D eigenvalue weighted by Gasteiger charge is -2.10. The Balaban J connectivity index is 2.01. The summed E-state index contributed by atoms with van der Waals surface area (Å²) >= 11 is 3.52. The van der Waals surface area contributed by atoms with Gasteiger partial charge in [-0.2, -0.15) is 0 Å². The Hall–Kier alpha value is -2.01. The first-order valence-corrected chi connectivity index (χ1v) is 7.31. The van der Waals surface area contributed by atoms with Crippen LogP contribution >= 0.6 is 15.9 Å². The largest absolute Gasteiger partial charge is 0.497 e. The normalized spacial score (nSPS) is 10.2. The van der Waals surface area contributed by atoms with Crippen LogP contribution in [0.5, 0.6) is 5.75 Å². The van der Waals surface area contributed by atoms with E-state index in [0.29, 0.717) is 6.54 Å². The molecule has 0 aliphatic carbocycles. The van der Waals surface area contributed by atoms with Crippen LogP contribution in [-0.2, 0) is 17.8 Å². The highest BCUT2D eigenvalue weighted by Gasteiger charge is 2.03. The van der Waals surface area contributed by atoms with Crippen molar-refractivity contribution in [3.63, 3.8) is 0 Å². The topological polar surface area (TPSA) is 64.3 Å². The number of methoxy groups -OCH3 is 1. The number of carbonyl (C=O) groups excluding carboxylic acids is 1. The predicted octanol–water partition coefficient (Wildman–Crippen LogP) is 3.10. The lowest BCUT2D eigenvalue weighted by Crippen LogP contribution is -2.13.